The van der Waals surface area contributed by atoms with Gasteiger partial charge in [-0.1, -0.05) is 30.0 Å². The molecule has 1 amide bonds. The largest absolute Gasteiger partial charge is 0.497 e. The van der Waals surface area contributed by atoms with Crippen LogP contribution in [0.1, 0.15) is 49.0 Å². The molecule has 1 aromatic heterocycles. The fourth-order valence-corrected chi connectivity index (χ4v) is 5.14. The lowest BCUT2D eigenvalue weighted by Gasteiger charge is -2.26. The first-order valence-electron chi connectivity index (χ1n) is 11.3. The maximum atomic E-state index is 13.2. The Labute approximate surface area is 198 Å². The number of rotatable bonds is 8. The van der Waals surface area contributed by atoms with Crippen LogP contribution in [0.4, 0.5) is 0 Å². The molecular formula is C25H28N4O3S. The number of carbonyl (C=O) groups is 1. The molecule has 2 heterocycles. The monoisotopic (exact) mass is 464 g/mol. The van der Waals surface area contributed by atoms with E-state index in [1.165, 1.54) is 11.8 Å². The zero-order chi connectivity index (χ0) is 22.8. The molecule has 0 radical (unpaired) electrons. The Morgan fingerprint density at radius 3 is 2.64 bits per heavy atom. The molecule has 1 aliphatic heterocycles. The van der Waals surface area contributed by atoms with Crippen molar-refractivity contribution in [2.75, 3.05) is 26.5 Å². The maximum Gasteiger partial charge on any atom is 0.233 e. The number of amides is 1. The Morgan fingerprint density at radius 1 is 1.09 bits per heavy atom. The highest BCUT2D eigenvalue weighted by atomic mass is 32.2. The Hall–Kier alpha value is -3.00. The van der Waals surface area contributed by atoms with Crippen LogP contribution in [0.2, 0.25) is 0 Å². The van der Waals surface area contributed by atoms with E-state index in [0.29, 0.717) is 16.8 Å². The summed E-state index contributed by atoms with van der Waals surface area (Å²) < 4.78 is 12.9. The molecule has 33 heavy (non-hydrogen) atoms. The number of likely N-dealkylation sites (tertiary alicyclic amines) is 1. The number of nitrogens with zero attached hydrogens (tertiary/aromatic N) is 4. The van der Waals surface area contributed by atoms with E-state index in [2.05, 4.69) is 0 Å². The summed E-state index contributed by atoms with van der Waals surface area (Å²) in [5.41, 5.74) is 2.00. The standard InChI is InChI=1S/C25H28N4O3S/c1-31-19-12-13-22(32-2)20(15-19)21-9-6-14-28(21)23(30)16-33-25-26-24(17-10-11-17)29(27-25)18-7-4-3-5-8-18/h3-5,7-8,12-13,15,17,21H,6,9-11,14,16H2,1-2H3. The SMILES string of the molecule is COc1ccc(OC)c(C2CCCN2C(=O)CSc2nc(C3CC3)n(-c3ccccc3)n2)c1. The van der Waals surface area contributed by atoms with Crippen molar-refractivity contribution in [3.8, 4) is 17.2 Å². The summed E-state index contributed by atoms with van der Waals surface area (Å²) in [6, 6.07) is 15.8. The minimum absolute atomic E-state index is 0.0139. The van der Waals surface area contributed by atoms with Gasteiger partial charge in [0.25, 0.3) is 0 Å². The molecule has 2 aromatic carbocycles. The molecule has 1 saturated carbocycles. The van der Waals surface area contributed by atoms with Crippen LogP contribution in [0.25, 0.3) is 5.69 Å². The number of carbonyl (C=O) groups excluding carboxylic acids is 1. The van der Waals surface area contributed by atoms with Gasteiger partial charge in [-0.3, -0.25) is 4.79 Å². The molecule has 5 rings (SSSR count). The Morgan fingerprint density at radius 2 is 1.91 bits per heavy atom. The maximum absolute atomic E-state index is 13.2. The third kappa shape index (κ3) is 4.57. The Kier molecular flexibility index (Phi) is 6.26. The number of benzene rings is 2. The molecule has 1 unspecified atom stereocenters. The number of hydrogen-bond donors (Lipinski definition) is 0. The first kappa shape index (κ1) is 21.8. The van der Waals surface area contributed by atoms with E-state index >= 15 is 0 Å². The molecular weight excluding hydrogens is 436 g/mol. The number of ether oxygens (including phenoxy) is 2. The normalized spacial score (nSPS) is 17.9. The van der Waals surface area contributed by atoms with Gasteiger partial charge in [0.15, 0.2) is 0 Å². The minimum Gasteiger partial charge on any atom is -0.497 e. The van der Waals surface area contributed by atoms with E-state index in [1.54, 1.807) is 14.2 Å². The molecule has 2 fully saturated rings. The van der Waals surface area contributed by atoms with Gasteiger partial charge in [-0.2, -0.15) is 0 Å². The summed E-state index contributed by atoms with van der Waals surface area (Å²) >= 11 is 1.41. The summed E-state index contributed by atoms with van der Waals surface area (Å²) in [5, 5.41) is 5.39. The van der Waals surface area contributed by atoms with Gasteiger partial charge in [0.05, 0.1) is 31.7 Å². The van der Waals surface area contributed by atoms with E-state index in [4.69, 9.17) is 19.6 Å². The Bertz CT molecular complexity index is 1130. The van der Waals surface area contributed by atoms with Crippen LogP contribution in [0.15, 0.2) is 53.7 Å². The van der Waals surface area contributed by atoms with Crippen LogP contribution >= 0.6 is 11.8 Å². The fraction of sp³-hybridized carbons (Fsp3) is 0.400. The third-order valence-corrected chi connectivity index (χ3v) is 7.07. The zero-order valence-electron chi connectivity index (χ0n) is 18.9. The predicted molar refractivity (Wildman–Crippen MR) is 127 cm³/mol. The van der Waals surface area contributed by atoms with Crippen LogP contribution in [0.3, 0.4) is 0 Å². The van der Waals surface area contributed by atoms with Gasteiger partial charge < -0.3 is 14.4 Å². The van der Waals surface area contributed by atoms with Gasteiger partial charge in [-0.05, 0) is 56.0 Å². The molecule has 2 aliphatic rings. The highest BCUT2D eigenvalue weighted by Gasteiger charge is 2.33. The zero-order valence-corrected chi connectivity index (χ0v) is 19.8. The smallest absolute Gasteiger partial charge is 0.233 e. The molecule has 0 N–H and O–H groups in total. The van der Waals surface area contributed by atoms with Crippen molar-refractivity contribution in [2.45, 2.75) is 42.8 Å². The topological polar surface area (TPSA) is 69.5 Å². The van der Waals surface area contributed by atoms with E-state index < -0.39 is 0 Å². The van der Waals surface area contributed by atoms with E-state index in [9.17, 15) is 4.79 Å². The molecule has 8 heteroatoms. The third-order valence-electron chi connectivity index (χ3n) is 6.25. The second kappa shape index (κ2) is 9.47. The highest BCUT2D eigenvalue weighted by molar-refractivity contribution is 7.99. The van der Waals surface area contributed by atoms with Crippen LogP contribution < -0.4 is 9.47 Å². The predicted octanol–water partition coefficient (Wildman–Crippen LogP) is 4.62. The van der Waals surface area contributed by atoms with Crippen LogP contribution in [0, 0.1) is 0 Å². The lowest BCUT2D eigenvalue weighted by atomic mass is 10.0. The van der Waals surface area contributed by atoms with Crippen LogP contribution in [0.5, 0.6) is 11.5 Å². The quantitative estimate of drug-likeness (QED) is 0.453. The van der Waals surface area contributed by atoms with Crippen molar-refractivity contribution in [1.82, 2.24) is 19.7 Å². The molecule has 0 spiro atoms. The minimum atomic E-state index is -0.0139. The summed E-state index contributed by atoms with van der Waals surface area (Å²) in [7, 11) is 3.31. The average Bonchev–Trinajstić information content (AvgIpc) is 3.42. The number of methoxy groups -OCH3 is 2. The van der Waals surface area contributed by atoms with E-state index in [-0.39, 0.29) is 11.9 Å². The molecule has 1 saturated heterocycles. The van der Waals surface area contributed by atoms with Crippen molar-refractivity contribution in [2.24, 2.45) is 0 Å². The molecule has 3 aromatic rings. The van der Waals surface area contributed by atoms with Gasteiger partial charge in [0.2, 0.25) is 11.1 Å². The molecule has 1 atom stereocenters. The van der Waals surface area contributed by atoms with Crippen LogP contribution in [-0.4, -0.2) is 52.1 Å². The first-order valence-corrected chi connectivity index (χ1v) is 12.3. The molecule has 1 aliphatic carbocycles. The Balaban J connectivity index is 1.31. The number of hydrogen-bond acceptors (Lipinski definition) is 6. The number of aromatic nitrogens is 3. The summed E-state index contributed by atoms with van der Waals surface area (Å²) in [6.07, 6.45) is 4.17. The van der Waals surface area contributed by atoms with Crippen molar-refractivity contribution in [1.29, 1.82) is 0 Å². The van der Waals surface area contributed by atoms with Gasteiger partial charge in [-0.25, -0.2) is 9.67 Å². The fourth-order valence-electron chi connectivity index (χ4n) is 4.43. The summed E-state index contributed by atoms with van der Waals surface area (Å²) in [5.74, 6) is 3.42. The van der Waals surface area contributed by atoms with Gasteiger partial charge in [0.1, 0.15) is 17.3 Å². The van der Waals surface area contributed by atoms with Gasteiger partial charge in [0, 0.05) is 18.0 Å². The van der Waals surface area contributed by atoms with E-state index in [1.807, 2.05) is 58.1 Å². The van der Waals surface area contributed by atoms with Crippen LogP contribution in [-0.2, 0) is 4.79 Å². The second-order valence-corrected chi connectivity index (χ2v) is 9.36. The lowest BCUT2D eigenvalue weighted by molar-refractivity contribution is -0.129. The average molecular weight is 465 g/mol. The van der Waals surface area contributed by atoms with Gasteiger partial charge >= 0.3 is 0 Å². The lowest BCUT2D eigenvalue weighted by Crippen LogP contribution is -2.32. The van der Waals surface area contributed by atoms with Crippen molar-refractivity contribution in [3.63, 3.8) is 0 Å². The highest BCUT2D eigenvalue weighted by Crippen LogP contribution is 2.41. The van der Waals surface area contributed by atoms with Gasteiger partial charge in [-0.15, -0.1) is 5.10 Å². The number of para-hydroxylation sites is 1. The van der Waals surface area contributed by atoms with Crippen molar-refractivity contribution < 1.29 is 14.3 Å². The number of thioether (sulfide) groups is 1. The molecule has 172 valence electrons. The van der Waals surface area contributed by atoms with E-state index in [0.717, 1.165) is 60.8 Å². The van der Waals surface area contributed by atoms with Crippen molar-refractivity contribution >= 4 is 17.7 Å². The summed E-state index contributed by atoms with van der Waals surface area (Å²) in [6.45, 7) is 0.740. The second-order valence-electron chi connectivity index (χ2n) is 8.42. The van der Waals surface area contributed by atoms with Crippen molar-refractivity contribution in [3.05, 3.63) is 59.9 Å². The molecule has 7 nitrogen and oxygen atoms in total. The first-order chi connectivity index (χ1) is 16.2. The summed E-state index contributed by atoms with van der Waals surface area (Å²) in [4.78, 5) is 20.0. The molecule has 0 bridgehead atoms.